The van der Waals surface area contributed by atoms with Crippen LogP contribution in [0.2, 0.25) is 0 Å². The molecule has 0 unspecified atom stereocenters. The van der Waals surface area contributed by atoms with Crippen LogP contribution in [-0.2, 0) is 19.5 Å². The summed E-state index contributed by atoms with van der Waals surface area (Å²) in [5, 5.41) is 0. The number of nitrogens with one attached hydrogen (secondary N) is 1. The van der Waals surface area contributed by atoms with Crippen LogP contribution in [0.5, 0.6) is 0 Å². The van der Waals surface area contributed by atoms with Gasteiger partial charge in [0.25, 0.3) is 5.56 Å². The molecule has 0 spiro atoms. The highest BCUT2D eigenvalue weighted by Gasteiger charge is 2.21. The molecule has 3 aromatic rings. The maximum absolute atomic E-state index is 12.6. The zero-order chi connectivity index (χ0) is 17.9. The molecule has 1 aliphatic rings. The van der Waals surface area contributed by atoms with Crippen molar-refractivity contribution in [2.24, 2.45) is 0 Å². The van der Waals surface area contributed by atoms with Crippen molar-refractivity contribution in [3.63, 3.8) is 0 Å². The molecule has 26 heavy (non-hydrogen) atoms. The smallest absolute Gasteiger partial charge is 0.255 e. The predicted molar refractivity (Wildman–Crippen MR) is 104 cm³/mol. The first kappa shape index (κ1) is 17.0. The van der Waals surface area contributed by atoms with E-state index in [4.69, 9.17) is 0 Å². The minimum absolute atomic E-state index is 0.0451. The first-order valence-corrected chi connectivity index (χ1v) is 9.83. The van der Waals surface area contributed by atoms with Crippen LogP contribution in [0.25, 0.3) is 11.4 Å². The van der Waals surface area contributed by atoms with E-state index in [1.54, 1.807) is 24.2 Å². The summed E-state index contributed by atoms with van der Waals surface area (Å²) < 4.78 is 0. The molecule has 0 fully saturated rings. The summed E-state index contributed by atoms with van der Waals surface area (Å²) in [5.74, 6) is 0.600. The average Bonchev–Trinajstić information content (AvgIpc) is 2.69. The molecule has 0 bridgehead atoms. The highest BCUT2D eigenvalue weighted by molar-refractivity contribution is 7.98. The van der Waals surface area contributed by atoms with Gasteiger partial charge >= 0.3 is 0 Å². The van der Waals surface area contributed by atoms with Gasteiger partial charge in [-0.3, -0.25) is 14.7 Å². The second-order valence-electron chi connectivity index (χ2n) is 6.39. The number of hydrogen-bond donors (Lipinski definition) is 1. The quantitative estimate of drug-likeness (QED) is 0.721. The van der Waals surface area contributed by atoms with E-state index in [-0.39, 0.29) is 5.56 Å². The summed E-state index contributed by atoms with van der Waals surface area (Å²) >= 11 is 1.74. The first-order chi connectivity index (χ1) is 12.7. The summed E-state index contributed by atoms with van der Waals surface area (Å²) in [4.78, 5) is 27.9. The van der Waals surface area contributed by atoms with E-state index in [1.807, 2.05) is 12.1 Å². The van der Waals surface area contributed by atoms with E-state index in [1.165, 1.54) is 10.5 Å². The number of benzene rings is 1. The van der Waals surface area contributed by atoms with E-state index in [2.05, 4.69) is 50.4 Å². The van der Waals surface area contributed by atoms with Crippen LogP contribution in [0.15, 0.2) is 58.5 Å². The van der Waals surface area contributed by atoms with Gasteiger partial charge in [0.1, 0.15) is 5.82 Å². The Morgan fingerprint density at radius 1 is 1.23 bits per heavy atom. The van der Waals surface area contributed by atoms with Gasteiger partial charge < -0.3 is 4.98 Å². The van der Waals surface area contributed by atoms with Gasteiger partial charge in [0.2, 0.25) is 0 Å². The van der Waals surface area contributed by atoms with Gasteiger partial charge in [0, 0.05) is 48.9 Å². The molecule has 4 rings (SSSR count). The summed E-state index contributed by atoms with van der Waals surface area (Å²) in [7, 11) is 0. The topological polar surface area (TPSA) is 61.9 Å². The lowest BCUT2D eigenvalue weighted by molar-refractivity contribution is 0.242. The van der Waals surface area contributed by atoms with Crippen LogP contribution in [0.1, 0.15) is 16.8 Å². The third-order valence-corrected chi connectivity index (χ3v) is 5.39. The summed E-state index contributed by atoms with van der Waals surface area (Å²) in [6.07, 6.45) is 6.30. The fraction of sp³-hybridized carbons (Fsp3) is 0.250. The molecule has 0 saturated carbocycles. The van der Waals surface area contributed by atoms with Crippen LogP contribution in [-0.4, -0.2) is 32.7 Å². The van der Waals surface area contributed by atoms with Gasteiger partial charge in [-0.2, -0.15) is 0 Å². The van der Waals surface area contributed by atoms with Crippen molar-refractivity contribution >= 4 is 11.8 Å². The second-order valence-corrected chi connectivity index (χ2v) is 7.27. The molecule has 1 aliphatic heterocycles. The van der Waals surface area contributed by atoms with Crippen molar-refractivity contribution in [3.8, 4) is 11.4 Å². The van der Waals surface area contributed by atoms with Gasteiger partial charge in [0.15, 0.2) is 0 Å². The van der Waals surface area contributed by atoms with Crippen LogP contribution in [0.3, 0.4) is 0 Å². The SMILES string of the molecule is CSc1ccc(CN2CCc3nc(-c4cccnc4)[nH]c(=O)c3C2)cc1. The highest BCUT2D eigenvalue weighted by Crippen LogP contribution is 2.21. The van der Waals surface area contributed by atoms with Crippen LogP contribution < -0.4 is 5.56 Å². The van der Waals surface area contributed by atoms with Crippen LogP contribution in [0, 0.1) is 0 Å². The molecule has 5 nitrogen and oxygen atoms in total. The maximum Gasteiger partial charge on any atom is 0.255 e. The number of rotatable bonds is 4. The lowest BCUT2D eigenvalue weighted by Gasteiger charge is -2.27. The third kappa shape index (κ3) is 3.57. The van der Waals surface area contributed by atoms with Gasteiger partial charge in [-0.15, -0.1) is 11.8 Å². The number of pyridine rings is 1. The maximum atomic E-state index is 12.6. The van der Waals surface area contributed by atoms with Crippen molar-refractivity contribution in [3.05, 3.63) is 76.0 Å². The molecule has 0 radical (unpaired) electrons. The predicted octanol–water partition coefficient (Wildman–Crippen LogP) is 3.11. The summed E-state index contributed by atoms with van der Waals surface area (Å²) in [6.45, 7) is 2.38. The van der Waals surface area contributed by atoms with Gasteiger partial charge in [-0.1, -0.05) is 12.1 Å². The Kier molecular flexibility index (Phi) is 4.86. The van der Waals surface area contributed by atoms with E-state index in [9.17, 15) is 4.79 Å². The zero-order valence-corrected chi connectivity index (χ0v) is 15.4. The monoisotopic (exact) mass is 364 g/mol. The van der Waals surface area contributed by atoms with Crippen molar-refractivity contribution in [2.45, 2.75) is 24.4 Å². The number of nitrogens with zero attached hydrogens (tertiary/aromatic N) is 3. The van der Waals surface area contributed by atoms with E-state index < -0.39 is 0 Å². The summed E-state index contributed by atoms with van der Waals surface area (Å²) in [6, 6.07) is 12.4. The van der Waals surface area contributed by atoms with E-state index in [0.29, 0.717) is 12.4 Å². The number of aromatic nitrogens is 3. The zero-order valence-electron chi connectivity index (χ0n) is 14.6. The van der Waals surface area contributed by atoms with Crippen molar-refractivity contribution in [2.75, 3.05) is 12.8 Å². The molecule has 0 amide bonds. The molecular weight excluding hydrogens is 344 g/mol. The van der Waals surface area contributed by atoms with Crippen LogP contribution in [0.4, 0.5) is 0 Å². The van der Waals surface area contributed by atoms with Crippen LogP contribution >= 0.6 is 11.8 Å². The van der Waals surface area contributed by atoms with Crippen molar-refractivity contribution < 1.29 is 0 Å². The molecule has 0 saturated heterocycles. The Hall–Kier alpha value is -2.44. The number of aromatic amines is 1. The van der Waals surface area contributed by atoms with Gasteiger partial charge in [-0.25, -0.2) is 4.98 Å². The number of H-pyrrole nitrogens is 1. The molecular formula is C20H20N4OS. The number of fused-ring (bicyclic) bond motifs is 1. The highest BCUT2D eigenvalue weighted by atomic mass is 32.2. The van der Waals surface area contributed by atoms with E-state index >= 15 is 0 Å². The van der Waals surface area contributed by atoms with Crippen molar-refractivity contribution in [1.29, 1.82) is 0 Å². The Bertz CT molecular complexity index is 954. The second kappa shape index (κ2) is 7.43. The molecule has 3 heterocycles. The fourth-order valence-corrected chi connectivity index (χ4v) is 3.65. The normalized spacial score (nSPS) is 14.2. The largest absolute Gasteiger partial charge is 0.306 e. The minimum atomic E-state index is -0.0451. The lowest BCUT2D eigenvalue weighted by atomic mass is 10.1. The van der Waals surface area contributed by atoms with Crippen molar-refractivity contribution in [1.82, 2.24) is 19.9 Å². The first-order valence-electron chi connectivity index (χ1n) is 8.60. The van der Waals surface area contributed by atoms with Gasteiger partial charge in [-0.05, 0) is 36.1 Å². The summed E-state index contributed by atoms with van der Waals surface area (Å²) in [5.41, 5.74) is 3.74. The third-order valence-electron chi connectivity index (χ3n) is 4.65. The minimum Gasteiger partial charge on any atom is -0.306 e. The fourth-order valence-electron chi connectivity index (χ4n) is 3.24. The lowest BCUT2D eigenvalue weighted by Crippen LogP contribution is -2.35. The standard InChI is InChI=1S/C20H20N4OS/c1-26-16-6-4-14(5-7-16)12-24-10-8-18-17(13-24)20(25)23-19(22-18)15-3-2-9-21-11-15/h2-7,9,11H,8,10,12-13H2,1H3,(H,22,23,25). The Morgan fingerprint density at radius 2 is 2.08 bits per heavy atom. The molecule has 1 aromatic carbocycles. The molecule has 0 atom stereocenters. The molecule has 0 aliphatic carbocycles. The molecule has 2 aromatic heterocycles. The number of thioether (sulfide) groups is 1. The Labute approximate surface area is 156 Å². The molecule has 1 N–H and O–H groups in total. The van der Waals surface area contributed by atoms with E-state index in [0.717, 1.165) is 36.3 Å². The Morgan fingerprint density at radius 3 is 2.81 bits per heavy atom. The molecule has 6 heteroatoms. The number of hydrogen-bond acceptors (Lipinski definition) is 5. The van der Waals surface area contributed by atoms with Gasteiger partial charge in [0.05, 0.1) is 11.3 Å². The molecule has 132 valence electrons. The Balaban J connectivity index is 1.54. The average molecular weight is 364 g/mol.